The van der Waals surface area contributed by atoms with Crippen molar-refractivity contribution >= 4 is 17.7 Å². The smallest absolute Gasteiger partial charge is 0.446 e. The summed E-state index contributed by atoms with van der Waals surface area (Å²) in [7, 11) is 0. The van der Waals surface area contributed by atoms with E-state index in [1.54, 1.807) is 0 Å². The predicted octanol–water partition coefficient (Wildman–Crippen LogP) is 5.54. The molecule has 2 rings (SSSR count). The number of carboxylic acids is 1. The van der Waals surface area contributed by atoms with Gasteiger partial charge in [-0.2, -0.15) is 13.2 Å². The fraction of sp³-hybridized carbons (Fsp3) is 0.235. The number of carboxylic acid groups (broad SMARTS) is 1. The van der Waals surface area contributed by atoms with Gasteiger partial charge >= 0.3 is 11.5 Å². The fourth-order valence-electron chi connectivity index (χ4n) is 2.15. The lowest BCUT2D eigenvalue weighted by Gasteiger charge is -2.16. The molecule has 0 atom stereocenters. The van der Waals surface area contributed by atoms with Gasteiger partial charge in [0.15, 0.2) is 6.61 Å². The number of ether oxygens (including phenoxy) is 1. The SMILES string of the molecule is CC(F)(F)c1ccc(OCC(=O)O)c(-c2cccc(SC(F)(F)F)c2)c1. The maximum atomic E-state index is 13.6. The minimum atomic E-state index is -4.50. The van der Waals surface area contributed by atoms with Crippen molar-refractivity contribution in [2.45, 2.75) is 23.3 Å². The van der Waals surface area contributed by atoms with Crippen LogP contribution in [0.25, 0.3) is 11.1 Å². The van der Waals surface area contributed by atoms with Crippen LogP contribution < -0.4 is 4.74 Å². The van der Waals surface area contributed by atoms with Crippen LogP contribution in [0.3, 0.4) is 0 Å². The Kier molecular flexibility index (Phi) is 5.80. The van der Waals surface area contributed by atoms with Gasteiger partial charge in [-0.25, -0.2) is 13.6 Å². The van der Waals surface area contributed by atoms with Crippen molar-refractivity contribution in [3.63, 3.8) is 0 Å². The zero-order valence-corrected chi connectivity index (χ0v) is 14.1. The van der Waals surface area contributed by atoms with Gasteiger partial charge in [-0.15, -0.1) is 0 Å². The molecule has 0 heterocycles. The number of aliphatic carboxylic acids is 1. The Labute approximate surface area is 149 Å². The van der Waals surface area contributed by atoms with Crippen molar-refractivity contribution in [2.24, 2.45) is 0 Å². The number of hydrogen-bond donors (Lipinski definition) is 1. The maximum absolute atomic E-state index is 13.6. The van der Waals surface area contributed by atoms with Gasteiger partial charge in [0, 0.05) is 22.9 Å². The molecule has 26 heavy (non-hydrogen) atoms. The number of rotatable bonds is 6. The van der Waals surface area contributed by atoms with Gasteiger partial charge in [0.05, 0.1) is 0 Å². The van der Waals surface area contributed by atoms with E-state index in [2.05, 4.69) is 0 Å². The van der Waals surface area contributed by atoms with Gasteiger partial charge in [0.25, 0.3) is 5.92 Å². The summed E-state index contributed by atoms with van der Waals surface area (Å²) >= 11 is -0.340. The molecule has 140 valence electrons. The first kappa shape index (κ1) is 20.0. The maximum Gasteiger partial charge on any atom is 0.446 e. The van der Waals surface area contributed by atoms with Crippen molar-refractivity contribution in [2.75, 3.05) is 6.61 Å². The average molecular weight is 392 g/mol. The van der Waals surface area contributed by atoms with Crippen LogP contribution in [0.15, 0.2) is 47.4 Å². The van der Waals surface area contributed by atoms with Gasteiger partial charge < -0.3 is 9.84 Å². The van der Waals surface area contributed by atoms with Crippen molar-refractivity contribution < 1.29 is 36.6 Å². The summed E-state index contributed by atoms with van der Waals surface area (Å²) in [5.41, 5.74) is -4.59. The molecule has 0 unspecified atom stereocenters. The van der Waals surface area contributed by atoms with E-state index >= 15 is 0 Å². The van der Waals surface area contributed by atoms with Gasteiger partial charge in [0.1, 0.15) is 5.75 Å². The molecular weight excluding hydrogens is 379 g/mol. The number of benzene rings is 2. The fourth-order valence-corrected chi connectivity index (χ4v) is 2.75. The summed E-state index contributed by atoms with van der Waals surface area (Å²) in [5, 5.41) is 8.72. The van der Waals surface area contributed by atoms with Crippen LogP contribution in [0.5, 0.6) is 5.75 Å². The van der Waals surface area contributed by atoms with Crippen molar-refractivity contribution in [3.05, 3.63) is 48.0 Å². The third kappa shape index (κ3) is 5.62. The molecule has 3 nitrogen and oxygen atoms in total. The summed E-state index contributed by atoms with van der Waals surface area (Å²) in [6.45, 7) is -0.0360. The van der Waals surface area contributed by atoms with Crippen molar-refractivity contribution in [3.8, 4) is 16.9 Å². The molecule has 0 fully saturated rings. The van der Waals surface area contributed by atoms with E-state index in [0.29, 0.717) is 6.92 Å². The Morgan fingerprint density at radius 1 is 1.12 bits per heavy atom. The van der Waals surface area contributed by atoms with Crippen LogP contribution in [-0.2, 0) is 10.7 Å². The van der Waals surface area contributed by atoms with Crippen LogP contribution in [0.4, 0.5) is 22.0 Å². The van der Waals surface area contributed by atoms with E-state index in [9.17, 15) is 26.7 Å². The zero-order valence-electron chi connectivity index (χ0n) is 13.3. The number of halogens is 5. The minimum Gasteiger partial charge on any atom is -0.481 e. The first-order chi connectivity index (χ1) is 12.0. The van der Waals surface area contributed by atoms with Gasteiger partial charge in [-0.3, -0.25) is 0 Å². The monoisotopic (exact) mass is 392 g/mol. The van der Waals surface area contributed by atoms with E-state index in [4.69, 9.17) is 9.84 Å². The second-order valence-electron chi connectivity index (χ2n) is 5.36. The Balaban J connectivity index is 2.50. The zero-order chi connectivity index (χ0) is 19.5. The van der Waals surface area contributed by atoms with Gasteiger partial charge in [-0.1, -0.05) is 12.1 Å². The molecule has 0 saturated carbocycles. The Hall–Kier alpha value is -2.29. The summed E-state index contributed by atoms with van der Waals surface area (Å²) in [4.78, 5) is 10.6. The molecule has 0 radical (unpaired) electrons. The highest BCUT2D eigenvalue weighted by Crippen LogP contribution is 2.40. The minimum absolute atomic E-state index is 0.0189. The standard InChI is InChI=1S/C17H13F5O3S/c1-16(18,19)11-5-6-14(25-9-15(23)24)13(8-11)10-3-2-4-12(7-10)26-17(20,21)22/h2-8H,9H2,1H3,(H,23,24). The molecule has 0 aromatic heterocycles. The van der Waals surface area contributed by atoms with Crippen molar-refractivity contribution in [1.29, 1.82) is 0 Å². The Bertz CT molecular complexity index is 800. The molecule has 9 heteroatoms. The molecule has 2 aromatic rings. The predicted molar refractivity (Wildman–Crippen MR) is 86.5 cm³/mol. The molecule has 0 aliphatic carbocycles. The molecule has 0 spiro atoms. The van der Waals surface area contributed by atoms with Crippen LogP contribution in [0, 0.1) is 0 Å². The van der Waals surface area contributed by atoms with E-state index in [-0.39, 0.29) is 39.1 Å². The van der Waals surface area contributed by atoms with Gasteiger partial charge in [0.2, 0.25) is 0 Å². The Morgan fingerprint density at radius 3 is 2.38 bits per heavy atom. The van der Waals surface area contributed by atoms with E-state index in [1.807, 2.05) is 0 Å². The van der Waals surface area contributed by atoms with E-state index < -0.39 is 24.0 Å². The third-order valence-corrected chi connectivity index (χ3v) is 3.94. The number of thioether (sulfide) groups is 1. The molecule has 0 aliphatic heterocycles. The molecule has 2 aromatic carbocycles. The second kappa shape index (κ2) is 7.53. The molecule has 0 saturated heterocycles. The highest BCUT2D eigenvalue weighted by atomic mass is 32.2. The van der Waals surface area contributed by atoms with Crippen LogP contribution >= 0.6 is 11.8 Å². The van der Waals surface area contributed by atoms with E-state index in [0.717, 1.165) is 12.1 Å². The first-order valence-corrected chi connectivity index (χ1v) is 8.00. The Morgan fingerprint density at radius 2 is 1.81 bits per heavy atom. The number of hydrogen-bond acceptors (Lipinski definition) is 3. The van der Waals surface area contributed by atoms with Crippen molar-refractivity contribution in [1.82, 2.24) is 0 Å². The third-order valence-electron chi connectivity index (χ3n) is 3.22. The quantitative estimate of drug-likeness (QED) is 0.518. The molecule has 0 amide bonds. The van der Waals surface area contributed by atoms with Gasteiger partial charge in [-0.05, 0) is 47.7 Å². The normalized spacial score (nSPS) is 12.1. The molecule has 0 aliphatic rings. The number of carbonyl (C=O) groups is 1. The lowest BCUT2D eigenvalue weighted by Crippen LogP contribution is -2.11. The average Bonchev–Trinajstić information content (AvgIpc) is 2.50. The first-order valence-electron chi connectivity index (χ1n) is 7.19. The van der Waals surface area contributed by atoms with Crippen LogP contribution in [-0.4, -0.2) is 23.2 Å². The lowest BCUT2D eigenvalue weighted by molar-refractivity contribution is -0.139. The molecule has 0 bridgehead atoms. The molecule has 1 N–H and O–H groups in total. The number of alkyl halides is 5. The molecular formula is C17H13F5O3S. The topological polar surface area (TPSA) is 46.5 Å². The van der Waals surface area contributed by atoms with E-state index in [1.165, 1.54) is 30.3 Å². The van der Waals surface area contributed by atoms with Crippen LogP contribution in [0.1, 0.15) is 12.5 Å². The highest BCUT2D eigenvalue weighted by molar-refractivity contribution is 8.00. The highest BCUT2D eigenvalue weighted by Gasteiger charge is 2.30. The van der Waals surface area contributed by atoms with Crippen LogP contribution in [0.2, 0.25) is 0 Å². The largest absolute Gasteiger partial charge is 0.481 e. The lowest BCUT2D eigenvalue weighted by atomic mass is 9.99. The summed E-state index contributed by atoms with van der Waals surface area (Å²) in [5.74, 6) is -4.48. The summed E-state index contributed by atoms with van der Waals surface area (Å²) < 4.78 is 70.0. The summed E-state index contributed by atoms with van der Waals surface area (Å²) in [6.07, 6.45) is 0. The second-order valence-corrected chi connectivity index (χ2v) is 6.50. The summed E-state index contributed by atoms with van der Waals surface area (Å²) in [6, 6.07) is 8.52.